The third-order valence-corrected chi connectivity index (χ3v) is 8.53. The zero-order valence-electron chi connectivity index (χ0n) is 22.8. The van der Waals surface area contributed by atoms with Crippen LogP contribution >= 0.6 is 0 Å². The molecule has 0 atom stereocenters. The van der Waals surface area contributed by atoms with Crippen molar-refractivity contribution in [3.63, 3.8) is 0 Å². The van der Waals surface area contributed by atoms with Crippen LogP contribution in [0.5, 0.6) is 0 Å². The maximum atomic E-state index is 13.6. The number of hydrogen-bond acceptors (Lipinski definition) is 7. The zero-order chi connectivity index (χ0) is 30.8. The third-order valence-electron chi connectivity index (χ3n) is 6.86. The van der Waals surface area contributed by atoms with Gasteiger partial charge in [0.15, 0.2) is 17.3 Å². The van der Waals surface area contributed by atoms with E-state index < -0.39 is 33.1 Å². The maximum absolute atomic E-state index is 13.6. The molecule has 0 saturated carbocycles. The molecule has 0 radical (unpaired) electrons. The quantitative estimate of drug-likeness (QED) is 0.274. The van der Waals surface area contributed by atoms with Gasteiger partial charge in [0.2, 0.25) is 0 Å². The lowest BCUT2D eigenvalue weighted by Gasteiger charge is -2.09. The van der Waals surface area contributed by atoms with Gasteiger partial charge in [-0.3, -0.25) is 9.59 Å². The fourth-order valence-corrected chi connectivity index (χ4v) is 6.05. The summed E-state index contributed by atoms with van der Waals surface area (Å²) in [7, 11) is -3.96. The molecule has 4 aromatic heterocycles. The Balaban J connectivity index is 1.24. The van der Waals surface area contributed by atoms with Crippen molar-refractivity contribution >= 4 is 27.0 Å². The summed E-state index contributed by atoms with van der Waals surface area (Å²) in [4.78, 5) is 38.9. The minimum atomic E-state index is -3.96. The van der Waals surface area contributed by atoms with Crippen LogP contribution in [0.1, 0.15) is 21.6 Å². The van der Waals surface area contributed by atoms with E-state index in [0.717, 1.165) is 16.1 Å². The molecular weight excluding hydrogens is 590 g/mol. The van der Waals surface area contributed by atoms with Gasteiger partial charge in [-0.25, -0.2) is 36.1 Å². The first-order valence-corrected chi connectivity index (χ1v) is 14.7. The van der Waals surface area contributed by atoms with Crippen molar-refractivity contribution in [3.05, 3.63) is 143 Å². The first kappa shape index (κ1) is 28.6. The summed E-state index contributed by atoms with van der Waals surface area (Å²) in [6, 6.07) is 19.2. The van der Waals surface area contributed by atoms with Crippen molar-refractivity contribution < 1.29 is 22.0 Å². The van der Waals surface area contributed by atoms with Gasteiger partial charge in [0.1, 0.15) is 11.9 Å². The Bertz CT molecular complexity index is 2200. The lowest BCUT2D eigenvalue weighted by molar-refractivity contribution is 0.0948. The number of hydrogen-bond donors (Lipinski definition) is 1. The number of carbonyl (C=O) groups excluding carboxylic acids is 1. The van der Waals surface area contributed by atoms with E-state index in [1.165, 1.54) is 59.8 Å². The Morgan fingerprint density at radius 3 is 2.50 bits per heavy atom. The molecule has 0 fully saturated rings. The largest absolute Gasteiger partial charge is 0.346 e. The average molecular weight is 613 g/mol. The number of rotatable bonds is 8. The Kier molecular flexibility index (Phi) is 7.53. The van der Waals surface area contributed by atoms with E-state index in [9.17, 15) is 26.8 Å². The summed E-state index contributed by atoms with van der Waals surface area (Å²) in [5.74, 6) is -2.70. The molecule has 10 nitrogen and oxygen atoms in total. The minimum absolute atomic E-state index is 0.0606. The Labute approximate surface area is 249 Å². The highest BCUT2D eigenvalue weighted by Crippen LogP contribution is 2.31. The number of benzene rings is 2. The van der Waals surface area contributed by atoms with Crippen LogP contribution in [0.4, 0.5) is 8.78 Å². The van der Waals surface area contributed by atoms with E-state index in [1.807, 2.05) is 0 Å². The van der Waals surface area contributed by atoms with Gasteiger partial charge in [0, 0.05) is 29.5 Å². The molecule has 6 rings (SSSR count). The average Bonchev–Trinajstić information content (AvgIpc) is 3.44. The molecule has 0 aliphatic carbocycles. The van der Waals surface area contributed by atoms with E-state index in [0.29, 0.717) is 27.9 Å². The number of nitrogens with one attached hydrogen (secondary N) is 1. The van der Waals surface area contributed by atoms with Gasteiger partial charge in [0.05, 0.1) is 29.4 Å². The van der Waals surface area contributed by atoms with Crippen molar-refractivity contribution in [2.45, 2.75) is 18.0 Å². The lowest BCUT2D eigenvalue weighted by Crippen LogP contribution is -2.32. The fraction of sp³-hybridized carbons (Fsp3) is 0.0645. The predicted octanol–water partition coefficient (Wildman–Crippen LogP) is 4.15. The van der Waals surface area contributed by atoms with Crippen LogP contribution < -0.4 is 10.9 Å². The molecule has 0 aliphatic heterocycles. The molecule has 0 aliphatic rings. The number of amides is 1. The van der Waals surface area contributed by atoms with Gasteiger partial charge < -0.3 is 9.88 Å². The lowest BCUT2D eigenvalue weighted by atomic mass is 10.1. The van der Waals surface area contributed by atoms with Gasteiger partial charge in [-0.05, 0) is 60.2 Å². The third kappa shape index (κ3) is 5.47. The molecule has 0 unspecified atom stereocenters. The number of nitrogens with zero attached hydrogens (tertiary/aromatic N) is 5. The molecular formula is C31H22F2N6O4S. The summed E-state index contributed by atoms with van der Waals surface area (Å²) in [6.45, 7) is -0.125. The highest BCUT2D eigenvalue weighted by atomic mass is 32.2. The van der Waals surface area contributed by atoms with Crippen LogP contribution in [-0.4, -0.2) is 37.8 Å². The van der Waals surface area contributed by atoms with E-state index >= 15 is 0 Å². The summed E-state index contributed by atoms with van der Waals surface area (Å²) in [6.07, 6.45) is 5.68. The SMILES string of the molecule is O=C(NCc1cc(-c2cn(S(=O)(=O)c3ccccc3)c3ncccc23)ncn1)c1cccn(Cc2ccc(F)c(F)c2)c1=O. The second-order valence-electron chi connectivity index (χ2n) is 9.71. The molecule has 13 heteroatoms. The first-order chi connectivity index (χ1) is 21.2. The number of pyridine rings is 2. The van der Waals surface area contributed by atoms with E-state index in [-0.39, 0.29) is 29.2 Å². The van der Waals surface area contributed by atoms with Gasteiger partial charge in [-0.1, -0.05) is 24.3 Å². The number of halogens is 2. The van der Waals surface area contributed by atoms with E-state index in [4.69, 9.17) is 0 Å². The number of carbonyl (C=O) groups is 1. The second kappa shape index (κ2) is 11.6. The van der Waals surface area contributed by atoms with Gasteiger partial charge >= 0.3 is 0 Å². The van der Waals surface area contributed by atoms with Crippen LogP contribution in [0.15, 0.2) is 113 Å². The minimum Gasteiger partial charge on any atom is -0.346 e. The summed E-state index contributed by atoms with van der Waals surface area (Å²) in [5.41, 5.74) is 1.11. The van der Waals surface area contributed by atoms with Crippen LogP contribution in [0.2, 0.25) is 0 Å². The van der Waals surface area contributed by atoms with Gasteiger partial charge in [-0.2, -0.15) is 0 Å². The van der Waals surface area contributed by atoms with Gasteiger partial charge in [0.25, 0.3) is 21.5 Å². The smallest absolute Gasteiger partial charge is 0.269 e. The molecule has 2 aromatic carbocycles. The van der Waals surface area contributed by atoms with Crippen LogP contribution in [-0.2, 0) is 23.1 Å². The molecule has 4 heterocycles. The Morgan fingerprint density at radius 1 is 0.886 bits per heavy atom. The van der Waals surface area contributed by atoms with E-state index in [2.05, 4.69) is 20.3 Å². The van der Waals surface area contributed by atoms with Gasteiger partial charge in [-0.15, -0.1) is 0 Å². The Hall–Kier alpha value is -5.56. The fourth-order valence-electron chi connectivity index (χ4n) is 4.70. The topological polar surface area (TPSA) is 129 Å². The monoisotopic (exact) mass is 612 g/mol. The van der Waals surface area contributed by atoms with Crippen molar-refractivity contribution in [2.75, 3.05) is 0 Å². The van der Waals surface area contributed by atoms with Crippen molar-refractivity contribution in [1.29, 1.82) is 0 Å². The maximum Gasteiger partial charge on any atom is 0.269 e. The van der Waals surface area contributed by atoms with Crippen LogP contribution in [0.25, 0.3) is 22.3 Å². The van der Waals surface area contributed by atoms with Crippen LogP contribution in [0.3, 0.4) is 0 Å². The molecule has 0 bridgehead atoms. The molecule has 1 amide bonds. The van der Waals surface area contributed by atoms with Crippen molar-refractivity contribution in [2.24, 2.45) is 0 Å². The van der Waals surface area contributed by atoms with Crippen molar-refractivity contribution in [3.8, 4) is 11.3 Å². The van der Waals surface area contributed by atoms with Crippen LogP contribution in [0, 0.1) is 11.6 Å². The molecule has 1 N–H and O–H groups in total. The summed E-state index contributed by atoms with van der Waals surface area (Å²) >= 11 is 0. The Morgan fingerprint density at radius 2 is 1.70 bits per heavy atom. The normalized spacial score (nSPS) is 11.5. The molecule has 44 heavy (non-hydrogen) atoms. The first-order valence-electron chi connectivity index (χ1n) is 13.2. The van der Waals surface area contributed by atoms with E-state index in [1.54, 1.807) is 36.4 Å². The number of fused-ring (bicyclic) bond motifs is 1. The predicted molar refractivity (Wildman–Crippen MR) is 157 cm³/mol. The second-order valence-corrected chi connectivity index (χ2v) is 11.5. The standard InChI is InChI=1S/C31H22F2N6O4S/c32-26-11-10-20(14-27(26)33)17-38-13-5-9-24(31(38)41)30(40)35-16-21-15-28(37-19-36-21)25-18-39(29-23(25)8-4-12-34-29)44(42,43)22-6-2-1-3-7-22/h1-15,18-19H,16-17H2,(H,35,40). The van der Waals surface area contributed by atoms with Crippen molar-refractivity contribution in [1.82, 2.24) is 28.8 Å². The summed E-state index contributed by atoms with van der Waals surface area (Å²) in [5, 5.41) is 3.21. The molecule has 0 spiro atoms. The molecule has 0 saturated heterocycles. The molecule has 6 aromatic rings. The zero-order valence-corrected chi connectivity index (χ0v) is 23.6. The molecule has 220 valence electrons. The summed E-state index contributed by atoms with van der Waals surface area (Å²) < 4.78 is 56.1. The number of aromatic nitrogens is 5. The highest BCUT2D eigenvalue weighted by Gasteiger charge is 2.23. The highest BCUT2D eigenvalue weighted by molar-refractivity contribution is 7.90.